The molecule has 0 radical (unpaired) electrons. The topological polar surface area (TPSA) is 72.5 Å². The van der Waals surface area contributed by atoms with E-state index in [1.165, 1.54) is 0 Å². The first kappa shape index (κ1) is 12.1. The Morgan fingerprint density at radius 1 is 1.41 bits per heavy atom. The van der Waals surface area contributed by atoms with Crippen LogP contribution in [0.3, 0.4) is 0 Å². The molecule has 0 amide bonds. The van der Waals surface area contributed by atoms with Crippen LogP contribution in [-0.2, 0) is 15.1 Å². The fraction of sp³-hybridized carbons (Fsp3) is 0.364. The van der Waals surface area contributed by atoms with Crippen molar-refractivity contribution in [3.05, 3.63) is 29.8 Å². The summed E-state index contributed by atoms with van der Waals surface area (Å²) < 4.78 is 30.1. The van der Waals surface area contributed by atoms with Crippen LogP contribution in [0.4, 0.5) is 0 Å². The molecule has 1 aromatic carbocycles. The van der Waals surface area contributed by atoms with Crippen LogP contribution < -0.4 is 8.91 Å². The number of hydrogen-bond donors (Lipinski definition) is 1. The standard InChI is InChI=1S/C11H13NO4S/c1-2-8(13)7-10-9-5-3-4-6-11(9)16-17(14,15)12-10/h3-6,10,12H,2,7H2,1H3/t10-/m0/s1. The number of rotatable bonds is 3. The van der Waals surface area contributed by atoms with E-state index < -0.39 is 16.3 Å². The van der Waals surface area contributed by atoms with Crippen molar-refractivity contribution in [3.8, 4) is 5.75 Å². The molecule has 1 aliphatic heterocycles. The minimum absolute atomic E-state index is 0.00871. The summed E-state index contributed by atoms with van der Waals surface area (Å²) in [6, 6.07) is 6.28. The minimum atomic E-state index is -3.80. The van der Waals surface area contributed by atoms with Gasteiger partial charge in [-0.3, -0.25) is 4.79 Å². The van der Waals surface area contributed by atoms with Crippen molar-refractivity contribution in [1.29, 1.82) is 0 Å². The number of carbonyl (C=O) groups excluding carboxylic acids is 1. The number of nitrogens with one attached hydrogen (secondary N) is 1. The average molecular weight is 255 g/mol. The van der Waals surface area contributed by atoms with Gasteiger partial charge in [-0.05, 0) is 6.07 Å². The highest BCUT2D eigenvalue weighted by molar-refractivity contribution is 7.85. The van der Waals surface area contributed by atoms with Gasteiger partial charge in [0.25, 0.3) is 0 Å². The summed E-state index contributed by atoms with van der Waals surface area (Å²) in [5, 5.41) is 0. The first-order valence-electron chi connectivity index (χ1n) is 5.34. The van der Waals surface area contributed by atoms with Gasteiger partial charge in [-0.25, -0.2) is 0 Å². The van der Waals surface area contributed by atoms with Crippen LogP contribution in [0, 0.1) is 0 Å². The van der Waals surface area contributed by atoms with E-state index in [-0.39, 0.29) is 12.2 Å². The van der Waals surface area contributed by atoms with E-state index >= 15 is 0 Å². The molecule has 0 fully saturated rings. The predicted molar refractivity (Wildman–Crippen MR) is 61.8 cm³/mol. The van der Waals surface area contributed by atoms with Crippen molar-refractivity contribution in [2.75, 3.05) is 0 Å². The average Bonchev–Trinajstić information content (AvgIpc) is 2.27. The van der Waals surface area contributed by atoms with Crippen LogP contribution in [0.15, 0.2) is 24.3 Å². The monoisotopic (exact) mass is 255 g/mol. The lowest BCUT2D eigenvalue weighted by atomic mass is 10.0. The molecule has 1 heterocycles. The zero-order chi connectivity index (χ0) is 12.5. The largest absolute Gasteiger partial charge is 0.383 e. The van der Waals surface area contributed by atoms with E-state index in [4.69, 9.17) is 4.18 Å². The summed E-state index contributed by atoms with van der Waals surface area (Å²) in [5.41, 5.74) is 0.698. The second-order valence-electron chi connectivity index (χ2n) is 3.84. The van der Waals surface area contributed by atoms with E-state index in [0.717, 1.165) is 0 Å². The maximum absolute atomic E-state index is 11.4. The van der Waals surface area contributed by atoms with Gasteiger partial charge in [0.1, 0.15) is 11.5 Å². The molecule has 6 heteroatoms. The Morgan fingerprint density at radius 3 is 2.82 bits per heavy atom. The molecule has 5 nitrogen and oxygen atoms in total. The van der Waals surface area contributed by atoms with Gasteiger partial charge in [-0.1, -0.05) is 25.1 Å². The molecule has 2 rings (SSSR count). The number of ketones is 1. The quantitative estimate of drug-likeness (QED) is 0.884. The molecule has 0 unspecified atom stereocenters. The Bertz CT molecular complexity index is 538. The normalized spacial score (nSPS) is 21.4. The predicted octanol–water partition coefficient (Wildman–Crippen LogP) is 1.32. The number of Topliss-reactive ketones (excluding diaryl/α,β-unsaturated/α-hetero) is 1. The van der Waals surface area contributed by atoms with E-state index in [2.05, 4.69) is 4.72 Å². The van der Waals surface area contributed by atoms with Gasteiger partial charge in [-0.2, -0.15) is 13.1 Å². The molecule has 0 spiro atoms. The van der Waals surface area contributed by atoms with E-state index in [1.807, 2.05) is 0 Å². The van der Waals surface area contributed by atoms with E-state index in [9.17, 15) is 13.2 Å². The zero-order valence-corrected chi connectivity index (χ0v) is 10.2. The first-order valence-corrected chi connectivity index (χ1v) is 6.75. The summed E-state index contributed by atoms with van der Waals surface area (Å²) in [7, 11) is -3.80. The molecule has 17 heavy (non-hydrogen) atoms. The van der Waals surface area contributed by atoms with Gasteiger partial charge in [0, 0.05) is 18.4 Å². The van der Waals surface area contributed by atoms with Crippen molar-refractivity contribution in [3.63, 3.8) is 0 Å². The van der Waals surface area contributed by atoms with Crippen LogP contribution in [0.2, 0.25) is 0 Å². The van der Waals surface area contributed by atoms with Crippen LogP contribution in [-0.4, -0.2) is 14.2 Å². The van der Waals surface area contributed by atoms with E-state index in [1.54, 1.807) is 31.2 Å². The molecular formula is C11H13NO4S. The zero-order valence-electron chi connectivity index (χ0n) is 9.34. The first-order chi connectivity index (χ1) is 8.02. The summed E-state index contributed by atoms with van der Waals surface area (Å²) in [4.78, 5) is 11.4. The van der Waals surface area contributed by atoms with Gasteiger partial charge in [0.15, 0.2) is 0 Å². The van der Waals surface area contributed by atoms with Crippen molar-refractivity contribution in [2.24, 2.45) is 0 Å². The van der Waals surface area contributed by atoms with Crippen LogP contribution >= 0.6 is 0 Å². The number of para-hydroxylation sites is 1. The molecule has 1 atom stereocenters. The molecule has 0 aromatic heterocycles. The van der Waals surface area contributed by atoms with Crippen LogP contribution in [0.5, 0.6) is 5.75 Å². The minimum Gasteiger partial charge on any atom is -0.371 e. The maximum Gasteiger partial charge on any atom is 0.383 e. The van der Waals surface area contributed by atoms with Gasteiger partial charge in [0.05, 0.1) is 6.04 Å². The molecule has 1 aliphatic rings. The molecule has 0 bridgehead atoms. The van der Waals surface area contributed by atoms with Gasteiger partial charge < -0.3 is 4.18 Å². The van der Waals surface area contributed by atoms with Crippen molar-refractivity contribution < 1.29 is 17.4 Å². The molecule has 92 valence electrons. The Morgan fingerprint density at radius 2 is 2.12 bits per heavy atom. The van der Waals surface area contributed by atoms with Crippen LogP contribution in [0.1, 0.15) is 31.4 Å². The number of benzene rings is 1. The Hall–Kier alpha value is -1.40. The fourth-order valence-corrected chi connectivity index (χ4v) is 2.74. The lowest BCUT2D eigenvalue weighted by Gasteiger charge is -2.25. The molecule has 1 aromatic rings. The third-order valence-corrected chi connectivity index (χ3v) is 3.58. The third kappa shape index (κ3) is 2.65. The summed E-state index contributed by atoms with van der Waals surface area (Å²) in [5.74, 6) is 0.301. The maximum atomic E-state index is 11.4. The highest BCUT2D eigenvalue weighted by Crippen LogP contribution is 2.32. The number of fused-ring (bicyclic) bond motifs is 1. The van der Waals surface area contributed by atoms with Crippen molar-refractivity contribution in [2.45, 2.75) is 25.8 Å². The highest BCUT2D eigenvalue weighted by atomic mass is 32.2. The third-order valence-electron chi connectivity index (χ3n) is 2.61. The lowest BCUT2D eigenvalue weighted by molar-refractivity contribution is -0.119. The smallest absolute Gasteiger partial charge is 0.371 e. The van der Waals surface area contributed by atoms with Gasteiger partial charge in [0.2, 0.25) is 0 Å². The Kier molecular flexibility index (Phi) is 3.17. The molecule has 0 saturated heterocycles. The summed E-state index contributed by atoms with van der Waals surface area (Å²) in [6.45, 7) is 1.75. The second-order valence-corrected chi connectivity index (χ2v) is 5.15. The highest BCUT2D eigenvalue weighted by Gasteiger charge is 2.30. The molecule has 0 aliphatic carbocycles. The molecular weight excluding hydrogens is 242 g/mol. The lowest BCUT2D eigenvalue weighted by Crippen LogP contribution is -2.37. The second kappa shape index (κ2) is 4.46. The Labute approximate surface area is 100 Å². The van der Waals surface area contributed by atoms with Gasteiger partial charge in [-0.15, -0.1) is 0 Å². The molecule has 1 N–H and O–H groups in total. The number of hydrogen-bond acceptors (Lipinski definition) is 4. The summed E-state index contributed by atoms with van der Waals surface area (Å²) in [6.07, 6.45) is 0.539. The van der Waals surface area contributed by atoms with Crippen LogP contribution in [0.25, 0.3) is 0 Å². The fourth-order valence-electron chi connectivity index (χ4n) is 1.75. The SMILES string of the molecule is CCC(=O)C[C@@H]1NS(=O)(=O)Oc2ccccc21. The number of carbonyl (C=O) groups is 1. The summed E-state index contributed by atoms with van der Waals surface area (Å²) >= 11 is 0. The van der Waals surface area contributed by atoms with E-state index in [0.29, 0.717) is 17.7 Å². The van der Waals surface area contributed by atoms with Crippen molar-refractivity contribution >= 4 is 16.1 Å². The molecule has 0 saturated carbocycles. The Balaban J connectivity index is 2.36. The van der Waals surface area contributed by atoms with Crippen molar-refractivity contribution in [1.82, 2.24) is 4.72 Å². The van der Waals surface area contributed by atoms with Gasteiger partial charge >= 0.3 is 10.3 Å².